The Bertz CT molecular complexity index is 966. The van der Waals surface area contributed by atoms with Crippen molar-refractivity contribution in [1.29, 1.82) is 0 Å². The van der Waals surface area contributed by atoms with Gasteiger partial charge >= 0.3 is 0 Å². The van der Waals surface area contributed by atoms with Crippen LogP contribution in [0.3, 0.4) is 0 Å². The van der Waals surface area contributed by atoms with Gasteiger partial charge in [-0.05, 0) is 76.8 Å². The highest BCUT2D eigenvalue weighted by atomic mass is 16.5. The van der Waals surface area contributed by atoms with Crippen LogP contribution in [0, 0.1) is 17.8 Å². The maximum Gasteiger partial charge on any atom is 0.247 e. The van der Waals surface area contributed by atoms with Crippen LogP contribution in [0.4, 0.5) is 0 Å². The first kappa shape index (κ1) is 39.0. The molecule has 2 saturated carbocycles. The smallest absolute Gasteiger partial charge is 0.247 e. The molecule has 0 aromatic carbocycles. The lowest BCUT2D eigenvalue weighted by Gasteiger charge is -2.40. The van der Waals surface area contributed by atoms with Crippen LogP contribution >= 0.6 is 0 Å². The summed E-state index contributed by atoms with van der Waals surface area (Å²) in [6.07, 6.45) is 14.2. The Morgan fingerprint density at radius 1 is 0.812 bits per heavy atom. The van der Waals surface area contributed by atoms with E-state index < -0.39 is 12.1 Å². The van der Waals surface area contributed by atoms with Crippen molar-refractivity contribution >= 4 is 17.7 Å². The highest BCUT2D eigenvalue weighted by molar-refractivity contribution is 5.89. The van der Waals surface area contributed by atoms with Gasteiger partial charge in [0, 0.05) is 51.7 Å². The van der Waals surface area contributed by atoms with Crippen LogP contribution in [0.1, 0.15) is 111 Å². The summed E-state index contributed by atoms with van der Waals surface area (Å²) in [5, 5.41) is 13.2. The fraction of sp³-hybridized carbons (Fsp3) is 0.919. The van der Waals surface area contributed by atoms with Gasteiger partial charge in [0.2, 0.25) is 17.7 Å². The van der Waals surface area contributed by atoms with E-state index in [1.165, 1.54) is 51.4 Å². The summed E-state index contributed by atoms with van der Waals surface area (Å²) >= 11 is 0. The van der Waals surface area contributed by atoms with E-state index in [2.05, 4.69) is 21.3 Å². The van der Waals surface area contributed by atoms with Crippen LogP contribution in [0.2, 0.25) is 0 Å². The molecule has 4 N–H and O–H groups in total. The largest absolute Gasteiger partial charge is 0.376 e. The van der Waals surface area contributed by atoms with Crippen LogP contribution in [0.25, 0.3) is 0 Å². The average molecular weight is 678 g/mol. The minimum atomic E-state index is -0.744. The van der Waals surface area contributed by atoms with E-state index in [9.17, 15) is 14.4 Å². The maximum absolute atomic E-state index is 14.2. The Morgan fingerprint density at radius 2 is 1.44 bits per heavy atom. The van der Waals surface area contributed by atoms with Gasteiger partial charge in [-0.15, -0.1) is 0 Å². The summed E-state index contributed by atoms with van der Waals surface area (Å²) in [5.41, 5.74) is 0. The molecule has 2 aliphatic heterocycles. The number of nitrogens with zero attached hydrogens (tertiary/aromatic N) is 1. The lowest BCUT2D eigenvalue weighted by Crippen LogP contribution is -2.61. The third-order valence-corrected chi connectivity index (χ3v) is 10.9. The molecule has 4 aliphatic rings. The monoisotopic (exact) mass is 678 g/mol. The Balaban J connectivity index is 1.43. The first-order valence-corrected chi connectivity index (χ1v) is 19.3. The first-order chi connectivity index (χ1) is 23.2. The molecular formula is C37H67N5O6. The van der Waals surface area contributed by atoms with E-state index in [4.69, 9.17) is 14.2 Å². The number of ether oxygens (including phenoxy) is 3. The number of hydrogen-bond acceptors (Lipinski definition) is 8. The molecule has 5 unspecified atom stereocenters. The van der Waals surface area contributed by atoms with Gasteiger partial charge in [-0.3, -0.25) is 14.4 Å². The molecule has 0 bridgehead atoms. The van der Waals surface area contributed by atoms with Gasteiger partial charge in [-0.1, -0.05) is 52.4 Å². The molecule has 2 heterocycles. The molecule has 0 spiro atoms. The maximum atomic E-state index is 14.2. The van der Waals surface area contributed by atoms with E-state index >= 15 is 0 Å². The molecule has 4 fully saturated rings. The molecule has 48 heavy (non-hydrogen) atoms. The third-order valence-electron chi connectivity index (χ3n) is 10.9. The molecular weight excluding hydrogens is 610 g/mol. The number of piperazine rings is 1. The number of hydrogen-bond donors (Lipinski definition) is 4. The Hall–Kier alpha value is -1.79. The van der Waals surface area contributed by atoms with Gasteiger partial charge in [0.25, 0.3) is 0 Å². The standard InChI is InChI=1S/C37H67N5O6/c1-26(2)36(44)41-35(27(3)46-23-29-11-7-5-8-12-29)37(45)42-20-19-39-31(22-42)21-34(48-24-30-13-9-6-10-14-30)33(40-28(4)43)25-47-32-15-17-38-18-16-32/h26-27,29-35,38-39H,5-25H2,1-4H3,(H,40,43)(H,41,44). The topological polar surface area (TPSA) is 130 Å². The van der Waals surface area contributed by atoms with E-state index in [0.717, 1.165) is 38.8 Å². The van der Waals surface area contributed by atoms with Gasteiger partial charge in [0.15, 0.2) is 0 Å². The second kappa shape index (κ2) is 20.8. The number of carbonyl (C=O) groups is 3. The average Bonchev–Trinajstić information content (AvgIpc) is 3.10. The fourth-order valence-electron chi connectivity index (χ4n) is 7.77. The molecule has 2 saturated heterocycles. The lowest BCUT2D eigenvalue weighted by molar-refractivity contribution is -0.143. The zero-order chi connectivity index (χ0) is 34.3. The van der Waals surface area contributed by atoms with Crippen LogP contribution in [-0.4, -0.2) is 112 Å². The Labute approximate surface area is 290 Å². The van der Waals surface area contributed by atoms with E-state index in [-0.39, 0.29) is 47.9 Å². The predicted octanol–water partition coefficient (Wildman–Crippen LogP) is 3.54. The minimum Gasteiger partial charge on any atom is -0.376 e. The minimum absolute atomic E-state index is 0.0332. The summed E-state index contributed by atoms with van der Waals surface area (Å²) in [6, 6.07) is -1.07. The molecule has 0 aromatic rings. The summed E-state index contributed by atoms with van der Waals surface area (Å²) < 4.78 is 19.4. The van der Waals surface area contributed by atoms with Gasteiger partial charge in [-0.2, -0.15) is 0 Å². The number of carbonyl (C=O) groups excluding carboxylic acids is 3. The van der Waals surface area contributed by atoms with Gasteiger partial charge in [0.1, 0.15) is 6.04 Å². The van der Waals surface area contributed by atoms with Crippen LogP contribution in [0.15, 0.2) is 0 Å². The van der Waals surface area contributed by atoms with Crippen LogP contribution in [0.5, 0.6) is 0 Å². The van der Waals surface area contributed by atoms with Crippen molar-refractivity contribution in [3.05, 3.63) is 0 Å². The highest BCUT2D eigenvalue weighted by Gasteiger charge is 2.37. The molecule has 0 radical (unpaired) electrons. The SMILES string of the molecule is CC(=O)NC(COC1CCNCC1)C(CC1CN(C(=O)C(NC(=O)C(C)C)C(C)OCC2CCCCC2)CCN1)OCC1CCCCC1. The summed E-state index contributed by atoms with van der Waals surface area (Å²) in [6.45, 7) is 12.4. The quantitative estimate of drug-likeness (QED) is 0.184. The van der Waals surface area contributed by atoms with Crippen molar-refractivity contribution in [3.63, 3.8) is 0 Å². The van der Waals surface area contributed by atoms with Gasteiger partial charge in [0.05, 0.1) is 31.0 Å². The number of rotatable bonds is 17. The van der Waals surface area contributed by atoms with Crippen LogP contribution < -0.4 is 21.3 Å². The van der Waals surface area contributed by atoms with Crippen molar-refractivity contribution in [2.24, 2.45) is 17.8 Å². The molecule has 2 aliphatic carbocycles. The Morgan fingerprint density at radius 3 is 2.04 bits per heavy atom. The second-order valence-corrected chi connectivity index (χ2v) is 15.3. The lowest BCUT2D eigenvalue weighted by atomic mass is 9.90. The summed E-state index contributed by atoms with van der Waals surface area (Å²) in [7, 11) is 0. The normalized spacial score (nSPS) is 24.5. The predicted molar refractivity (Wildman–Crippen MR) is 188 cm³/mol. The summed E-state index contributed by atoms with van der Waals surface area (Å²) in [5.74, 6) is 0.473. The molecule has 276 valence electrons. The highest BCUT2D eigenvalue weighted by Crippen LogP contribution is 2.26. The van der Waals surface area contributed by atoms with Crippen LogP contribution in [-0.2, 0) is 28.6 Å². The zero-order valence-corrected chi connectivity index (χ0v) is 30.4. The zero-order valence-electron chi connectivity index (χ0n) is 30.4. The van der Waals surface area contributed by atoms with Gasteiger partial charge < -0.3 is 40.4 Å². The van der Waals surface area contributed by atoms with Crippen molar-refractivity contribution in [2.45, 2.75) is 148 Å². The number of amides is 3. The van der Waals surface area contributed by atoms with Crippen molar-refractivity contribution in [1.82, 2.24) is 26.2 Å². The number of piperidine rings is 1. The third kappa shape index (κ3) is 13.2. The van der Waals surface area contributed by atoms with E-state index in [0.29, 0.717) is 57.7 Å². The molecule has 3 amide bonds. The molecule has 11 heteroatoms. The van der Waals surface area contributed by atoms with Gasteiger partial charge in [-0.25, -0.2) is 0 Å². The Kier molecular flexibility index (Phi) is 16.9. The van der Waals surface area contributed by atoms with Crippen molar-refractivity contribution in [2.75, 3.05) is 52.5 Å². The first-order valence-electron chi connectivity index (χ1n) is 19.3. The molecule has 5 atom stereocenters. The second-order valence-electron chi connectivity index (χ2n) is 15.3. The van der Waals surface area contributed by atoms with Crippen molar-refractivity contribution < 1.29 is 28.6 Å². The number of nitrogens with one attached hydrogen (secondary N) is 4. The van der Waals surface area contributed by atoms with Crippen molar-refractivity contribution in [3.8, 4) is 0 Å². The van der Waals surface area contributed by atoms with E-state index in [1.54, 1.807) is 6.92 Å². The fourth-order valence-corrected chi connectivity index (χ4v) is 7.77. The summed E-state index contributed by atoms with van der Waals surface area (Å²) in [4.78, 5) is 41.4. The molecule has 11 nitrogen and oxygen atoms in total. The molecule has 4 rings (SSSR count). The van der Waals surface area contributed by atoms with E-state index in [1.807, 2.05) is 25.7 Å². The molecule has 0 aromatic heterocycles.